The zero-order valence-electron chi connectivity index (χ0n) is 15.5. The molecular formula is C20H26N3O2S+. The number of hydrogen-bond acceptors (Lipinski definition) is 4. The predicted octanol–water partition coefficient (Wildman–Crippen LogP) is 2.35. The Bertz CT molecular complexity index is 813. The van der Waals surface area contributed by atoms with Gasteiger partial charge in [-0.25, -0.2) is 0 Å². The van der Waals surface area contributed by atoms with Gasteiger partial charge in [0.05, 0.1) is 29.6 Å². The van der Waals surface area contributed by atoms with Crippen molar-refractivity contribution in [3.63, 3.8) is 0 Å². The van der Waals surface area contributed by atoms with Crippen LogP contribution in [0.3, 0.4) is 0 Å². The molecule has 0 aliphatic carbocycles. The fraction of sp³-hybridized carbons (Fsp3) is 0.450. The smallest absolute Gasteiger partial charge is 0.256 e. The minimum absolute atomic E-state index is 0.0446. The summed E-state index contributed by atoms with van der Waals surface area (Å²) >= 11 is 1.75. The highest BCUT2D eigenvalue weighted by Gasteiger charge is 2.35. The van der Waals surface area contributed by atoms with Gasteiger partial charge in [0.25, 0.3) is 5.91 Å². The fourth-order valence-corrected chi connectivity index (χ4v) is 5.12. The lowest BCUT2D eigenvalue weighted by Gasteiger charge is -2.28. The second-order valence-corrected chi connectivity index (χ2v) is 8.36. The summed E-state index contributed by atoms with van der Waals surface area (Å²) in [6.07, 6.45) is 0.789. The van der Waals surface area contributed by atoms with Crippen LogP contribution < -0.4 is 20.3 Å². The molecule has 6 heteroatoms. The van der Waals surface area contributed by atoms with Crippen LogP contribution in [0.25, 0.3) is 0 Å². The van der Waals surface area contributed by atoms with Crippen LogP contribution in [0.4, 0.5) is 5.00 Å². The number of carbonyl (C=O) groups excluding carboxylic acids is 1. The van der Waals surface area contributed by atoms with Crippen LogP contribution in [0.5, 0.6) is 5.75 Å². The highest BCUT2D eigenvalue weighted by atomic mass is 32.1. The van der Waals surface area contributed by atoms with Crippen molar-refractivity contribution in [3.8, 4) is 5.75 Å². The van der Waals surface area contributed by atoms with E-state index in [4.69, 9.17) is 4.74 Å². The lowest BCUT2D eigenvalue weighted by Crippen LogP contribution is -3.14. The van der Waals surface area contributed by atoms with E-state index in [2.05, 4.69) is 24.5 Å². The van der Waals surface area contributed by atoms with Crippen LogP contribution in [-0.4, -0.2) is 25.1 Å². The predicted molar refractivity (Wildman–Crippen MR) is 104 cm³/mol. The van der Waals surface area contributed by atoms with E-state index in [1.165, 1.54) is 10.4 Å². The van der Waals surface area contributed by atoms with Crippen LogP contribution in [0, 0.1) is 0 Å². The Morgan fingerprint density at radius 1 is 1.27 bits per heavy atom. The molecule has 0 bridgehead atoms. The van der Waals surface area contributed by atoms with Crippen LogP contribution in [0.2, 0.25) is 0 Å². The van der Waals surface area contributed by atoms with E-state index in [1.807, 2.05) is 31.2 Å². The van der Waals surface area contributed by atoms with Crippen LogP contribution in [0.1, 0.15) is 53.3 Å². The van der Waals surface area contributed by atoms with E-state index in [0.717, 1.165) is 41.4 Å². The molecule has 2 aliphatic rings. The molecule has 138 valence electrons. The normalized spacial score (nSPS) is 21.6. The summed E-state index contributed by atoms with van der Waals surface area (Å²) in [6, 6.07) is 8.52. The monoisotopic (exact) mass is 372 g/mol. The molecule has 3 heterocycles. The lowest BCUT2D eigenvalue weighted by molar-refractivity contribution is -0.936. The maximum Gasteiger partial charge on any atom is 0.256 e. The number of benzene rings is 1. The number of carbonyl (C=O) groups is 1. The first-order valence-corrected chi connectivity index (χ1v) is 10.2. The molecule has 4 rings (SSSR count). The van der Waals surface area contributed by atoms with Crippen LogP contribution in [0.15, 0.2) is 24.3 Å². The third kappa shape index (κ3) is 3.08. The summed E-state index contributed by atoms with van der Waals surface area (Å²) in [4.78, 5) is 15.8. The summed E-state index contributed by atoms with van der Waals surface area (Å²) in [5, 5.41) is 7.67. The molecule has 3 N–H and O–H groups in total. The molecule has 1 amide bonds. The van der Waals surface area contributed by atoms with Gasteiger partial charge in [-0.1, -0.05) is 12.1 Å². The molecule has 26 heavy (non-hydrogen) atoms. The Balaban J connectivity index is 1.58. The number of anilines is 1. The molecule has 1 aromatic carbocycles. The van der Waals surface area contributed by atoms with Crippen molar-refractivity contribution in [1.82, 2.24) is 5.32 Å². The van der Waals surface area contributed by atoms with Crippen molar-refractivity contribution in [2.24, 2.45) is 0 Å². The van der Waals surface area contributed by atoms with E-state index in [1.54, 1.807) is 16.2 Å². The van der Waals surface area contributed by atoms with Crippen molar-refractivity contribution in [3.05, 3.63) is 45.8 Å². The van der Waals surface area contributed by atoms with Crippen LogP contribution >= 0.6 is 11.3 Å². The van der Waals surface area contributed by atoms with Gasteiger partial charge in [-0.3, -0.25) is 4.79 Å². The average molecular weight is 373 g/mol. The largest absolute Gasteiger partial charge is 0.494 e. The van der Waals surface area contributed by atoms with Crippen molar-refractivity contribution in [1.29, 1.82) is 0 Å². The molecule has 5 nitrogen and oxygen atoms in total. The summed E-state index contributed by atoms with van der Waals surface area (Å²) in [5.41, 5.74) is 3.16. The van der Waals surface area contributed by atoms with Gasteiger partial charge in [0, 0.05) is 6.42 Å². The number of rotatable bonds is 4. The molecule has 1 unspecified atom stereocenters. The highest BCUT2D eigenvalue weighted by Crippen LogP contribution is 2.39. The Kier molecular flexibility index (Phi) is 4.63. The first kappa shape index (κ1) is 17.4. The Labute approximate surface area is 158 Å². The summed E-state index contributed by atoms with van der Waals surface area (Å²) in [6.45, 7) is 9.27. The van der Waals surface area contributed by atoms with Crippen LogP contribution in [-0.2, 0) is 13.0 Å². The number of fused-ring (bicyclic) bond motifs is 3. The number of thiophene rings is 1. The molecule has 0 radical (unpaired) electrons. The second-order valence-electron chi connectivity index (χ2n) is 7.25. The maximum absolute atomic E-state index is 12.8. The van der Waals surface area contributed by atoms with Gasteiger partial charge in [-0.15, -0.1) is 11.3 Å². The molecule has 1 aromatic heterocycles. The minimum atomic E-state index is -0.195. The van der Waals surface area contributed by atoms with Gasteiger partial charge in [0.1, 0.15) is 23.5 Å². The second kappa shape index (κ2) is 6.93. The lowest BCUT2D eigenvalue weighted by atomic mass is 9.99. The number of quaternary nitrogens is 1. The molecular weight excluding hydrogens is 346 g/mol. The summed E-state index contributed by atoms with van der Waals surface area (Å²) in [5.74, 6) is 0.894. The number of ether oxygens (including phenoxy) is 1. The van der Waals surface area contributed by atoms with E-state index in [-0.39, 0.29) is 12.1 Å². The SMILES string of the molecule is CCOc1ccc([C@@H]2NC(=O)c3c(sc4c3CC[NH+](C(C)C)C4)N2)cc1. The first-order valence-electron chi connectivity index (χ1n) is 9.36. The van der Waals surface area contributed by atoms with E-state index in [0.29, 0.717) is 12.6 Å². The number of hydrogen-bond donors (Lipinski definition) is 3. The molecule has 0 spiro atoms. The Morgan fingerprint density at radius 2 is 2.04 bits per heavy atom. The quantitative estimate of drug-likeness (QED) is 0.772. The van der Waals surface area contributed by atoms with E-state index in [9.17, 15) is 4.79 Å². The van der Waals surface area contributed by atoms with Crippen molar-refractivity contribution >= 4 is 22.2 Å². The maximum atomic E-state index is 12.8. The zero-order valence-corrected chi connectivity index (χ0v) is 16.3. The average Bonchev–Trinajstić information content (AvgIpc) is 3.00. The molecule has 2 aliphatic heterocycles. The third-order valence-electron chi connectivity index (χ3n) is 5.29. The summed E-state index contributed by atoms with van der Waals surface area (Å²) < 4.78 is 5.50. The van der Waals surface area contributed by atoms with Gasteiger partial charge in [0.15, 0.2) is 0 Å². The first-order chi connectivity index (χ1) is 12.6. The standard InChI is InChI=1S/C20H25N3O2S/c1-4-25-14-7-5-13(6-8-14)18-21-19(24)17-15-9-10-23(12(2)3)11-16(15)26-20(17)22-18/h5-8,12,18,22H,4,9-11H2,1-3H3,(H,21,24)/p+1/t18-/m1/s1. The van der Waals surface area contributed by atoms with Crippen molar-refractivity contribution < 1.29 is 14.4 Å². The van der Waals surface area contributed by atoms with Gasteiger partial charge < -0.3 is 20.3 Å². The zero-order chi connectivity index (χ0) is 18.3. The summed E-state index contributed by atoms with van der Waals surface area (Å²) in [7, 11) is 0. The van der Waals surface area contributed by atoms with Gasteiger partial charge in [0.2, 0.25) is 0 Å². The number of nitrogens with one attached hydrogen (secondary N) is 3. The van der Waals surface area contributed by atoms with Gasteiger partial charge >= 0.3 is 0 Å². The topological polar surface area (TPSA) is 54.8 Å². The minimum Gasteiger partial charge on any atom is -0.494 e. The molecule has 2 aromatic rings. The molecule has 0 fully saturated rings. The molecule has 0 saturated carbocycles. The Morgan fingerprint density at radius 3 is 2.73 bits per heavy atom. The van der Waals surface area contributed by atoms with E-state index >= 15 is 0 Å². The number of amides is 1. The van der Waals surface area contributed by atoms with Crippen molar-refractivity contribution in [2.45, 2.75) is 45.9 Å². The van der Waals surface area contributed by atoms with Gasteiger partial charge in [-0.05, 0) is 44.0 Å². The third-order valence-corrected chi connectivity index (χ3v) is 6.46. The Hall–Kier alpha value is -2.05. The van der Waals surface area contributed by atoms with Crippen molar-refractivity contribution in [2.75, 3.05) is 18.5 Å². The highest BCUT2D eigenvalue weighted by molar-refractivity contribution is 7.16. The molecule has 0 saturated heterocycles. The van der Waals surface area contributed by atoms with Gasteiger partial charge in [-0.2, -0.15) is 0 Å². The fourth-order valence-electron chi connectivity index (χ4n) is 3.79. The molecule has 2 atom stereocenters. The van der Waals surface area contributed by atoms with E-state index < -0.39 is 0 Å².